The van der Waals surface area contributed by atoms with Crippen LogP contribution in [0, 0.1) is 11.3 Å². The van der Waals surface area contributed by atoms with Crippen LogP contribution in [0.15, 0.2) is 24.3 Å². The molecule has 0 spiro atoms. The zero-order valence-electron chi connectivity index (χ0n) is 8.64. The first-order valence-electron chi connectivity index (χ1n) is 4.72. The zero-order valence-corrected chi connectivity index (χ0v) is 8.64. The zero-order chi connectivity index (χ0) is 11.8. The monoisotopic (exact) mass is 220 g/mol. The molecular weight excluding hydrogens is 208 g/mol. The number of ether oxygens (including phenoxy) is 1. The van der Waals surface area contributed by atoms with Crippen LogP contribution in [-0.2, 0) is 11.4 Å². The van der Waals surface area contributed by atoms with Crippen molar-refractivity contribution in [1.82, 2.24) is 5.32 Å². The Balaban J connectivity index is 2.37. The van der Waals surface area contributed by atoms with Gasteiger partial charge in [0.05, 0.1) is 12.7 Å². The molecule has 1 aromatic carbocycles. The van der Waals surface area contributed by atoms with Gasteiger partial charge in [0.25, 0.3) is 5.91 Å². The second-order valence-electron chi connectivity index (χ2n) is 3.03. The number of carbonyl (C=O) groups is 1. The molecule has 1 amide bonds. The molecule has 0 aliphatic heterocycles. The van der Waals surface area contributed by atoms with Crippen molar-refractivity contribution in [3.63, 3.8) is 0 Å². The Kier molecular flexibility index (Phi) is 4.83. The van der Waals surface area contributed by atoms with Gasteiger partial charge in [0.1, 0.15) is 12.3 Å². The van der Waals surface area contributed by atoms with Crippen LogP contribution in [-0.4, -0.2) is 24.2 Å². The summed E-state index contributed by atoms with van der Waals surface area (Å²) < 4.78 is 5.16. The minimum Gasteiger partial charge on any atom is -0.484 e. The maximum atomic E-state index is 11.1. The van der Waals surface area contributed by atoms with Crippen molar-refractivity contribution in [1.29, 1.82) is 5.26 Å². The summed E-state index contributed by atoms with van der Waals surface area (Å²) in [6.07, 6.45) is 0. The normalized spacial score (nSPS) is 9.25. The van der Waals surface area contributed by atoms with Crippen molar-refractivity contribution in [2.24, 2.45) is 0 Å². The second kappa shape index (κ2) is 6.43. The fourth-order valence-corrected chi connectivity index (χ4v) is 1.03. The van der Waals surface area contributed by atoms with E-state index in [-0.39, 0.29) is 25.7 Å². The van der Waals surface area contributed by atoms with Crippen LogP contribution in [0.3, 0.4) is 0 Å². The van der Waals surface area contributed by atoms with Crippen LogP contribution in [0.5, 0.6) is 5.75 Å². The number of nitrogens with zero attached hydrogens (tertiary/aromatic N) is 1. The average Bonchev–Trinajstić information content (AvgIpc) is 2.34. The van der Waals surface area contributed by atoms with Crippen LogP contribution >= 0.6 is 0 Å². The largest absolute Gasteiger partial charge is 0.484 e. The Labute approximate surface area is 93.3 Å². The van der Waals surface area contributed by atoms with E-state index in [0.717, 1.165) is 5.56 Å². The van der Waals surface area contributed by atoms with Gasteiger partial charge in [-0.1, -0.05) is 12.1 Å². The molecule has 0 aliphatic rings. The predicted octanol–water partition coefficient (Wildman–Crippen LogP) is 0.197. The third kappa shape index (κ3) is 3.98. The molecule has 0 aliphatic carbocycles. The molecule has 5 heteroatoms. The molecule has 2 N–H and O–H groups in total. The number of nitrogens with one attached hydrogen (secondary N) is 1. The highest BCUT2D eigenvalue weighted by Gasteiger charge is 2.01. The molecule has 0 heterocycles. The lowest BCUT2D eigenvalue weighted by molar-refractivity contribution is -0.122. The lowest BCUT2D eigenvalue weighted by Gasteiger charge is -2.05. The quantitative estimate of drug-likeness (QED) is 0.694. The van der Waals surface area contributed by atoms with Gasteiger partial charge in [0.2, 0.25) is 0 Å². The Morgan fingerprint density at radius 3 is 2.69 bits per heavy atom. The van der Waals surface area contributed by atoms with E-state index in [4.69, 9.17) is 15.1 Å². The van der Waals surface area contributed by atoms with E-state index in [1.165, 1.54) is 0 Å². The van der Waals surface area contributed by atoms with E-state index in [2.05, 4.69) is 5.32 Å². The topological polar surface area (TPSA) is 82.4 Å². The molecule has 0 atom stereocenters. The molecule has 1 aromatic rings. The Morgan fingerprint density at radius 2 is 2.12 bits per heavy atom. The van der Waals surface area contributed by atoms with E-state index in [9.17, 15) is 4.79 Å². The molecule has 0 saturated heterocycles. The number of rotatable bonds is 5. The summed E-state index contributed by atoms with van der Waals surface area (Å²) >= 11 is 0. The number of nitriles is 1. The fraction of sp³-hybridized carbons (Fsp3) is 0.273. The predicted molar refractivity (Wildman–Crippen MR) is 56.5 cm³/mol. The van der Waals surface area contributed by atoms with Gasteiger partial charge < -0.3 is 15.2 Å². The van der Waals surface area contributed by atoms with Crippen LogP contribution in [0.1, 0.15) is 5.56 Å². The highest BCUT2D eigenvalue weighted by atomic mass is 16.5. The number of amides is 1. The van der Waals surface area contributed by atoms with E-state index in [0.29, 0.717) is 5.75 Å². The summed E-state index contributed by atoms with van der Waals surface area (Å²) in [6, 6.07) is 8.56. The molecule has 84 valence electrons. The summed E-state index contributed by atoms with van der Waals surface area (Å²) in [4.78, 5) is 11.1. The van der Waals surface area contributed by atoms with Crippen molar-refractivity contribution < 1.29 is 14.6 Å². The van der Waals surface area contributed by atoms with E-state index >= 15 is 0 Å². The van der Waals surface area contributed by atoms with E-state index < -0.39 is 0 Å². The van der Waals surface area contributed by atoms with Gasteiger partial charge in [-0.3, -0.25) is 4.79 Å². The number of aliphatic hydroxyl groups excluding tert-OH is 1. The first-order valence-corrected chi connectivity index (χ1v) is 4.72. The van der Waals surface area contributed by atoms with Crippen LogP contribution in [0.2, 0.25) is 0 Å². The lowest BCUT2D eigenvalue weighted by Crippen LogP contribution is -2.28. The molecule has 0 radical (unpaired) electrons. The van der Waals surface area contributed by atoms with Gasteiger partial charge in [0, 0.05) is 0 Å². The Hall–Kier alpha value is -2.06. The maximum Gasteiger partial charge on any atom is 0.258 e. The Morgan fingerprint density at radius 1 is 1.44 bits per heavy atom. The molecule has 1 rings (SSSR count). The van der Waals surface area contributed by atoms with Crippen molar-refractivity contribution in [3.8, 4) is 11.8 Å². The molecule has 5 nitrogen and oxygen atoms in total. The SMILES string of the molecule is N#CCNC(=O)COc1ccc(CO)cc1. The van der Waals surface area contributed by atoms with Gasteiger partial charge in [-0.25, -0.2) is 0 Å². The third-order valence-corrected chi connectivity index (χ3v) is 1.84. The summed E-state index contributed by atoms with van der Waals surface area (Å²) in [5, 5.41) is 19.4. The number of hydrogen-bond donors (Lipinski definition) is 2. The maximum absolute atomic E-state index is 11.1. The molecule has 0 unspecified atom stereocenters. The molecule has 0 saturated carbocycles. The number of benzene rings is 1. The fourth-order valence-electron chi connectivity index (χ4n) is 1.03. The van der Waals surface area contributed by atoms with Crippen LogP contribution in [0.25, 0.3) is 0 Å². The van der Waals surface area contributed by atoms with Gasteiger partial charge in [-0.2, -0.15) is 5.26 Å². The van der Waals surface area contributed by atoms with Crippen molar-refractivity contribution in [2.45, 2.75) is 6.61 Å². The minimum absolute atomic E-state index is 0.0222. The number of hydrogen-bond acceptors (Lipinski definition) is 4. The number of aliphatic hydroxyl groups is 1. The van der Waals surface area contributed by atoms with Gasteiger partial charge in [-0.05, 0) is 17.7 Å². The van der Waals surface area contributed by atoms with E-state index in [1.807, 2.05) is 0 Å². The standard InChI is InChI=1S/C11H12N2O3/c12-5-6-13-11(15)8-16-10-3-1-9(7-14)2-4-10/h1-4,14H,6-8H2,(H,13,15). The molecule has 0 bridgehead atoms. The van der Waals surface area contributed by atoms with Crippen LogP contribution < -0.4 is 10.1 Å². The van der Waals surface area contributed by atoms with Crippen LogP contribution in [0.4, 0.5) is 0 Å². The third-order valence-electron chi connectivity index (χ3n) is 1.84. The first-order chi connectivity index (χ1) is 7.76. The summed E-state index contributed by atoms with van der Waals surface area (Å²) in [5.41, 5.74) is 0.779. The minimum atomic E-state index is -0.340. The Bertz CT molecular complexity index is 381. The highest BCUT2D eigenvalue weighted by Crippen LogP contribution is 2.11. The molecule has 16 heavy (non-hydrogen) atoms. The summed E-state index contributed by atoms with van der Waals surface area (Å²) in [5.74, 6) is 0.206. The summed E-state index contributed by atoms with van der Waals surface area (Å²) in [7, 11) is 0. The van der Waals surface area contributed by atoms with Gasteiger partial charge in [-0.15, -0.1) is 0 Å². The van der Waals surface area contributed by atoms with E-state index in [1.54, 1.807) is 30.3 Å². The van der Waals surface area contributed by atoms with Crippen molar-refractivity contribution in [2.75, 3.05) is 13.2 Å². The summed E-state index contributed by atoms with van der Waals surface area (Å²) in [6.45, 7) is -0.172. The molecule has 0 fully saturated rings. The highest BCUT2D eigenvalue weighted by molar-refractivity contribution is 5.77. The lowest BCUT2D eigenvalue weighted by atomic mass is 10.2. The first kappa shape index (κ1) is 12.0. The average molecular weight is 220 g/mol. The number of carbonyl (C=O) groups excluding carboxylic acids is 1. The van der Waals surface area contributed by atoms with Gasteiger partial charge >= 0.3 is 0 Å². The van der Waals surface area contributed by atoms with Gasteiger partial charge in [0.15, 0.2) is 6.61 Å². The molecule has 0 aromatic heterocycles. The van der Waals surface area contributed by atoms with Crippen molar-refractivity contribution >= 4 is 5.91 Å². The molecular formula is C11H12N2O3. The second-order valence-corrected chi connectivity index (χ2v) is 3.03. The smallest absolute Gasteiger partial charge is 0.258 e. The van der Waals surface area contributed by atoms with Crippen molar-refractivity contribution in [3.05, 3.63) is 29.8 Å².